The van der Waals surface area contributed by atoms with Crippen LogP contribution in [0.25, 0.3) is 21.8 Å². The van der Waals surface area contributed by atoms with Crippen LogP contribution < -0.4 is 10.1 Å². The molecule has 0 amide bonds. The van der Waals surface area contributed by atoms with E-state index in [1.165, 1.54) is 0 Å². The van der Waals surface area contributed by atoms with Gasteiger partial charge in [-0.2, -0.15) is 10.2 Å². The SMILES string of the molecule is Cc1cc(Nc2cc(Oc3ccc4cn[nH]c4c3)nc3ccccc23)n[nH]1. The third kappa shape index (κ3) is 2.95. The van der Waals surface area contributed by atoms with Gasteiger partial charge in [0.2, 0.25) is 5.88 Å². The number of para-hydroxylation sites is 1. The van der Waals surface area contributed by atoms with E-state index in [9.17, 15) is 0 Å². The molecule has 0 atom stereocenters. The highest BCUT2D eigenvalue weighted by atomic mass is 16.5. The van der Waals surface area contributed by atoms with Crippen LogP contribution in [-0.2, 0) is 0 Å². The summed E-state index contributed by atoms with van der Waals surface area (Å²) < 4.78 is 6.02. The number of hydrogen-bond acceptors (Lipinski definition) is 5. The van der Waals surface area contributed by atoms with Crippen molar-refractivity contribution in [3.63, 3.8) is 0 Å². The van der Waals surface area contributed by atoms with E-state index in [0.29, 0.717) is 11.6 Å². The molecule has 3 aromatic heterocycles. The van der Waals surface area contributed by atoms with Crippen LogP contribution in [-0.4, -0.2) is 25.4 Å². The van der Waals surface area contributed by atoms with Crippen molar-refractivity contribution in [1.82, 2.24) is 25.4 Å². The van der Waals surface area contributed by atoms with Gasteiger partial charge in [-0.3, -0.25) is 10.2 Å². The minimum atomic E-state index is 0.502. The summed E-state index contributed by atoms with van der Waals surface area (Å²) in [4.78, 5) is 4.63. The van der Waals surface area contributed by atoms with Gasteiger partial charge in [-0.1, -0.05) is 18.2 Å². The fourth-order valence-corrected chi connectivity index (χ4v) is 3.03. The van der Waals surface area contributed by atoms with E-state index in [1.807, 2.05) is 61.5 Å². The number of aromatic amines is 2. The third-order valence-corrected chi connectivity index (χ3v) is 4.30. The molecule has 0 radical (unpaired) electrons. The van der Waals surface area contributed by atoms with E-state index in [4.69, 9.17) is 4.74 Å². The van der Waals surface area contributed by atoms with Crippen LogP contribution in [0.3, 0.4) is 0 Å². The predicted molar refractivity (Wildman–Crippen MR) is 105 cm³/mol. The van der Waals surface area contributed by atoms with Crippen LogP contribution in [0.2, 0.25) is 0 Å². The van der Waals surface area contributed by atoms with Gasteiger partial charge >= 0.3 is 0 Å². The predicted octanol–water partition coefficient (Wildman–Crippen LogP) is 4.68. The number of fused-ring (bicyclic) bond motifs is 2. The zero-order valence-corrected chi connectivity index (χ0v) is 14.5. The third-order valence-electron chi connectivity index (χ3n) is 4.30. The van der Waals surface area contributed by atoms with Crippen molar-refractivity contribution in [2.24, 2.45) is 0 Å². The standard InChI is InChI=1S/C20H16N6O/c1-12-8-19(26-24-12)22-18-10-20(23-16-5-3-2-4-15(16)18)27-14-7-6-13-11-21-25-17(13)9-14/h2-11H,1H3,(H,21,25)(H2,22,23,24,26). The molecule has 7 heteroatoms. The Bertz CT molecular complexity index is 1260. The number of ether oxygens (including phenoxy) is 1. The molecule has 0 bridgehead atoms. The molecule has 3 heterocycles. The maximum absolute atomic E-state index is 6.02. The lowest BCUT2D eigenvalue weighted by Crippen LogP contribution is -1.96. The van der Waals surface area contributed by atoms with Crippen molar-refractivity contribution in [2.75, 3.05) is 5.32 Å². The van der Waals surface area contributed by atoms with Gasteiger partial charge in [0.05, 0.1) is 22.9 Å². The molecule has 0 saturated carbocycles. The van der Waals surface area contributed by atoms with Gasteiger partial charge in [0.25, 0.3) is 0 Å². The lowest BCUT2D eigenvalue weighted by molar-refractivity contribution is 0.466. The zero-order chi connectivity index (χ0) is 18.2. The monoisotopic (exact) mass is 356 g/mol. The lowest BCUT2D eigenvalue weighted by Gasteiger charge is -2.11. The lowest BCUT2D eigenvalue weighted by atomic mass is 10.2. The molecule has 3 N–H and O–H groups in total. The molecule has 27 heavy (non-hydrogen) atoms. The molecule has 0 aliphatic carbocycles. The largest absolute Gasteiger partial charge is 0.439 e. The summed E-state index contributed by atoms with van der Waals surface area (Å²) in [6.45, 7) is 1.96. The Morgan fingerprint density at radius 1 is 1.00 bits per heavy atom. The number of anilines is 2. The molecule has 0 aliphatic heterocycles. The Morgan fingerprint density at radius 3 is 2.81 bits per heavy atom. The first-order valence-corrected chi connectivity index (χ1v) is 8.54. The minimum Gasteiger partial charge on any atom is -0.439 e. The van der Waals surface area contributed by atoms with Crippen LogP contribution in [0, 0.1) is 6.92 Å². The van der Waals surface area contributed by atoms with Gasteiger partial charge in [-0.05, 0) is 25.1 Å². The average molecular weight is 356 g/mol. The first-order valence-electron chi connectivity index (χ1n) is 8.54. The van der Waals surface area contributed by atoms with Gasteiger partial charge < -0.3 is 10.1 Å². The molecule has 0 spiro atoms. The summed E-state index contributed by atoms with van der Waals surface area (Å²) in [5.74, 6) is 1.94. The van der Waals surface area contributed by atoms with Crippen molar-refractivity contribution >= 4 is 33.3 Å². The molecule has 0 aliphatic rings. The number of pyridine rings is 1. The topological polar surface area (TPSA) is 91.5 Å². The Hall–Kier alpha value is -3.87. The molecular formula is C20H16N6O. The molecule has 132 valence electrons. The van der Waals surface area contributed by atoms with E-state index < -0.39 is 0 Å². The maximum Gasteiger partial charge on any atom is 0.221 e. The second-order valence-electron chi connectivity index (χ2n) is 6.31. The number of aryl methyl sites for hydroxylation is 1. The van der Waals surface area contributed by atoms with E-state index >= 15 is 0 Å². The van der Waals surface area contributed by atoms with Gasteiger partial charge in [-0.25, -0.2) is 4.98 Å². The molecule has 5 aromatic rings. The van der Waals surface area contributed by atoms with Crippen LogP contribution >= 0.6 is 0 Å². The number of aromatic nitrogens is 5. The molecule has 0 fully saturated rings. The second kappa shape index (κ2) is 6.14. The highest BCUT2D eigenvalue weighted by Gasteiger charge is 2.10. The van der Waals surface area contributed by atoms with Gasteiger partial charge in [-0.15, -0.1) is 0 Å². The van der Waals surface area contributed by atoms with E-state index in [2.05, 4.69) is 30.7 Å². The Labute approximate surface area is 154 Å². The normalized spacial score (nSPS) is 11.1. The summed E-state index contributed by atoms with van der Waals surface area (Å²) in [6, 6.07) is 17.5. The van der Waals surface area contributed by atoms with Crippen LogP contribution in [0.15, 0.2) is 60.8 Å². The molecule has 0 saturated heterocycles. The van der Waals surface area contributed by atoms with E-state index in [-0.39, 0.29) is 0 Å². The first kappa shape index (κ1) is 15.4. The highest BCUT2D eigenvalue weighted by Crippen LogP contribution is 2.31. The van der Waals surface area contributed by atoms with E-state index in [1.54, 1.807) is 6.20 Å². The zero-order valence-electron chi connectivity index (χ0n) is 14.5. The first-order chi connectivity index (χ1) is 13.2. The van der Waals surface area contributed by atoms with Crippen molar-refractivity contribution in [2.45, 2.75) is 6.92 Å². The fraction of sp³-hybridized carbons (Fsp3) is 0.0500. The number of benzene rings is 2. The summed E-state index contributed by atoms with van der Waals surface area (Å²) in [5, 5.41) is 19.5. The summed E-state index contributed by atoms with van der Waals surface area (Å²) in [7, 11) is 0. The Kier molecular flexibility index (Phi) is 3.50. The summed E-state index contributed by atoms with van der Waals surface area (Å²) >= 11 is 0. The van der Waals surface area contributed by atoms with Crippen molar-refractivity contribution in [3.8, 4) is 11.6 Å². The number of nitrogens with zero attached hydrogens (tertiary/aromatic N) is 3. The summed E-state index contributed by atoms with van der Waals surface area (Å²) in [6.07, 6.45) is 1.78. The quantitative estimate of drug-likeness (QED) is 0.435. The van der Waals surface area contributed by atoms with E-state index in [0.717, 1.165) is 39.0 Å². The number of nitrogens with one attached hydrogen (secondary N) is 3. The summed E-state index contributed by atoms with van der Waals surface area (Å²) in [5.41, 5.74) is 3.62. The van der Waals surface area contributed by atoms with Crippen LogP contribution in [0.4, 0.5) is 11.5 Å². The maximum atomic E-state index is 6.02. The number of H-pyrrole nitrogens is 2. The number of hydrogen-bond donors (Lipinski definition) is 3. The fourth-order valence-electron chi connectivity index (χ4n) is 3.03. The highest BCUT2D eigenvalue weighted by molar-refractivity contribution is 5.93. The molecule has 2 aromatic carbocycles. The van der Waals surface area contributed by atoms with Crippen LogP contribution in [0.1, 0.15) is 5.69 Å². The van der Waals surface area contributed by atoms with Crippen molar-refractivity contribution in [1.29, 1.82) is 0 Å². The minimum absolute atomic E-state index is 0.502. The molecular weight excluding hydrogens is 340 g/mol. The average Bonchev–Trinajstić information content (AvgIpc) is 3.30. The Morgan fingerprint density at radius 2 is 1.93 bits per heavy atom. The van der Waals surface area contributed by atoms with Gasteiger partial charge in [0.15, 0.2) is 5.82 Å². The van der Waals surface area contributed by atoms with Crippen molar-refractivity contribution in [3.05, 3.63) is 66.5 Å². The molecule has 7 nitrogen and oxygen atoms in total. The van der Waals surface area contributed by atoms with Crippen molar-refractivity contribution < 1.29 is 4.74 Å². The second-order valence-corrected chi connectivity index (χ2v) is 6.31. The molecule has 5 rings (SSSR count). The van der Waals surface area contributed by atoms with Gasteiger partial charge in [0, 0.05) is 34.7 Å². The number of rotatable bonds is 4. The molecule has 0 unspecified atom stereocenters. The van der Waals surface area contributed by atoms with Crippen LogP contribution in [0.5, 0.6) is 11.6 Å². The smallest absolute Gasteiger partial charge is 0.221 e. The van der Waals surface area contributed by atoms with Gasteiger partial charge in [0.1, 0.15) is 5.75 Å². The Balaban J connectivity index is 1.55.